The molecule has 2 aliphatic rings. The Hall–Kier alpha value is -1.57. The Morgan fingerprint density at radius 1 is 0.929 bits per heavy atom. The summed E-state index contributed by atoms with van der Waals surface area (Å²) in [6.07, 6.45) is 14.0. The predicted molar refractivity (Wildman–Crippen MR) is 116 cm³/mol. The SMILES string of the molecule is CCCCCC1CCC2CC(c3ccc4cc(OC)c(F)cc4c3)CCC2C1. The van der Waals surface area contributed by atoms with Crippen molar-refractivity contribution in [3.63, 3.8) is 0 Å². The molecule has 2 aromatic rings. The lowest BCUT2D eigenvalue weighted by Crippen LogP contribution is -2.30. The number of hydrogen-bond acceptors (Lipinski definition) is 1. The van der Waals surface area contributed by atoms with Gasteiger partial charge in [0.2, 0.25) is 0 Å². The molecule has 0 bridgehead atoms. The molecule has 0 heterocycles. The lowest BCUT2D eigenvalue weighted by molar-refractivity contribution is 0.113. The van der Waals surface area contributed by atoms with E-state index < -0.39 is 0 Å². The van der Waals surface area contributed by atoms with Gasteiger partial charge >= 0.3 is 0 Å². The first-order valence-corrected chi connectivity index (χ1v) is 11.4. The summed E-state index contributed by atoms with van der Waals surface area (Å²) in [4.78, 5) is 0. The molecule has 28 heavy (non-hydrogen) atoms. The summed E-state index contributed by atoms with van der Waals surface area (Å²) in [5.41, 5.74) is 1.40. The van der Waals surface area contributed by atoms with Crippen LogP contribution >= 0.6 is 0 Å². The number of halogens is 1. The third-order valence-electron chi connectivity index (χ3n) is 7.54. The van der Waals surface area contributed by atoms with Crippen molar-refractivity contribution in [3.8, 4) is 5.75 Å². The van der Waals surface area contributed by atoms with E-state index in [4.69, 9.17) is 4.74 Å². The maximum atomic E-state index is 14.1. The molecule has 2 aliphatic carbocycles. The van der Waals surface area contributed by atoms with Gasteiger partial charge in [0.15, 0.2) is 11.6 Å². The zero-order chi connectivity index (χ0) is 19.5. The lowest BCUT2D eigenvalue weighted by atomic mass is 9.63. The number of ether oxygens (including phenoxy) is 1. The fourth-order valence-electron chi connectivity index (χ4n) is 5.91. The number of methoxy groups -OCH3 is 1. The molecule has 0 amide bonds. The second-order valence-corrected chi connectivity index (χ2v) is 9.30. The minimum absolute atomic E-state index is 0.266. The molecule has 4 unspecified atom stereocenters. The van der Waals surface area contributed by atoms with Crippen LogP contribution in [0.4, 0.5) is 4.39 Å². The van der Waals surface area contributed by atoms with Crippen molar-refractivity contribution >= 4 is 10.8 Å². The minimum Gasteiger partial charge on any atom is -0.494 e. The largest absolute Gasteiger partial charge is 0.494 e. The van der Waals surface area contributed by atoms with Crippen LogP contribution in [-0.2, 0) is 0 Å². The van der Waals surface area contributed by atoms with E-state index in [2.05, 4.69) is 25.1 Å². The minimum atomic E-state index is -0.266. The predicted octanol–water partition coefficient (Wildman–Crippen LogP) is 7.87. The molecule has 152 valence electrons. The Morgan fingerprint density at radius 2 is 1.75 bits per heavy atom. The lowest BCUT2D eigenvalue weighted by Gasteiger charge is -2.42. The van der Waals surface area contributed by atoms with Gasteiger partial charge in [-0.3, -0.25) is 0 Å². The van der Waals surface area contributed by atoms with E-state index in [1.807, 2.05) is 6.07 Å². The van der Waals surface area contributed by atoms with Crippen molar-refractivity contribution in [1.82, 2.24) is 0 Å². The number of fused-ring (bicyclic) bond motifs is 2. The maximum absolute atomic E-state index is 14.1. The van der Waals surface area contributed by atoms with Crippen molar-refractivity contribution in [1.29, 1.82) is 0 Å². The zero-order valence-corrected chi connectivity index (χ0v) is 17.6. The molecule has 0 aromatic heterocycles. The van der Waals surface area contributed by atoms with Crippen LogP contribution in [0, 0.1) is 23.6 Å². The monoisotopic (exact) mass is 382 g/mol. The van der Waals surface area contributed by atoms with Gasteiger partial charge in [0.05, 0.1) is 7.11 Å². The molecule has 2 heteroatoms. The molecule has 4 atom stereocenters. The van der Waals surface area contributed by atoms with Crippen molar-refractivity contribution < 1.29 is 9.13 Å². The van der Waals surface area contributed by atoms with E-state index in [-0.39, 0.29) is 5.82 Å². The summed E-state index contributed by atoms with van der Waals surface area (Å²) in [6, 6.07) is 10.1. The van der Waals surface area contributed by atoms with Crippen molar-refractivity contribution in [2.75, 3.05) is 7.11 Å². The van der Waals surface area contributed by atoms with E-state index in [0.717, 1.165) is 28.5 Å². The molecule has 2 saturated carbocycles. The second-order valence-electron chi connectivity index (χ2n) is 9.30. The van der Waals surface area contributed by atoms with Crippen LogP contribution in [0.1, 0.15) is 82.6 Å². The topological polar surface area (TPSA) is 9.23 Å². The quantitative estimate of drug-likeness (QED) is 0.462. The van der Waals surface area contributed by atoms with Gasteiger partial charge in [0.25, 0.3) is 0 Å². The van der Waals surface area contributed by atoms with Crippen LogP contribution in [0.25, 0.3) is 10.8 Å². The molecule has 0 saturated heterocycles. The first kappa shape index (κ1) is 19.7. The van der Waals surface area contributed by atoms with Gasteiger partial charge < -0.3 is 4.74 Å². The van der Waals surface area contributed by atoms with Crippen LogP contribution < -0.4 is 4.74 Å². The molecule has 0 aliphatic heterocycles. The average molecular weight is 383 g/mol. The molecule has 2 aromatic carbocycles. The van der Waals surface area contributed by atoms with Crippen LogP contribution in [0.3, 0.4) is 0 Å². The van der Waals surface area contributed by atoms with E-state index >= 15 is 0 Å². The fraction of sp³-hybridized carbons (Fsp3) is 0.615. The number of hydrogen-bond donors (Lipinski definition) is 0. The second kappa shape index (κ2) is 8.84. The summed E-state index contributed by atoms with van der Waals surface area (Å²) < 4.78 is 19.3. The van der Waals surface area contributed by atoms with Crippen LogP contribution in [0.15, 0.2) is 30.3 Å². The Kier molecular flexibility index (Phi) is 6.23. The highest BCUT2D eigenvalue weighted by molar-refractivity contribution is 5.84. The molecule has 1 nitrogen and oxygen atoms in total. The Morgan fingerprint density at radius 3 is 2.57 bits per heavy atom. The number of rotatable bonds is 6. The number of unbranched alkanes of at least 4 members (excludes halogenated alkanes) is 2. The highest BCUT2D eigenvalue weighted by Crippen LogP contribution is 2.48. The van der Waals surface area contributed by atoms with Gasteiger partial charge in [-0.2, -0.15) is 0 Å². The van der Waals surface area contributed by atoms with Gasteiger partial charge in [-0.15, -0.1) is 0 Å². The molecule has 0 spiro atoms. The van der Waals surface area contributed by atoms with E-state index in [9.17, 15) is 4.39 Å². The van der Waals surface area contributed by atoms with Crippen LogP contribution in [-0.4, -0.2) is 7.11 Å². The van der Waals surface area contributed by atoms with E-state index in [0.29, 0.717) is 11.7 Å². The van der Waals surface area contributed by atoms with Gasteiger partial charge in [0, 0.05) is 0 Å². The first-order chi connectivity index (χ1) is 13.7. The maximum Gasteiger partial charge on any atom is 0.165 e. The zero-order valence-electron chi connectivity index (χ0n) is 17.6. The Labute approximate surface area is 169 Å². The Bertz CT molecular complexity index is 798. The molecule has 0 radical (unpaired) electrons. The first-order valence-electron chi connectivity index (χ1n) is 11.4. The average Bonchev–Trinajstić information content (AvgIpc) is 2.72. The summed E-state index contributed by atoms with van der Waals surface area (Å²) in [5, 5.41) is 2.06. The smallest absolute Gasteiger partial charge is 0.165 e. The van der Waals surface area contributed by atoms with E-state index in [1.54, 1.807) is 6.07 Å². The summed E-state index contributed by atoms with van der Waals surface area (Å²) in [6.45, 7) is 2.30. The van der Waals surface area contributed by atoms with Crippen molar-refractivity contribution in [2.24, 2.45) is 17.8 Å². The standard InChI is InChI=1S/C26H35FO/c1-3-4-5-6-18-7-8-20-14-21(10-9-19(20)13-18)22-11-12-23-17-26(28-2)25(27)16-24(23)15-22/h11-12,15-21H,3-10,13-14H2,1-2H3. The third kappa shape index (κ3) is 4.21. The highest BCUT2D eigenvalue weighted by atomic mass is 19.1. The highest BCUT2D eigenvalue weighted by Gasteiger charge is 2.35. The molecule has 2 fully saturated rings. The van der Waals surface area contributed by atoms with Gasteiger partial charge in [0.1, 0.15) is 0 Å². The molecular weight excluding hydrogens is 347 g/mol. The molecule has 0 N–H and O–H groups in total. The van der Waals surface area contributed by atoms with Gasteiger partial charge in [-0.25, -0.2) is 4.39 Å². The number of benzene rings is 2. The summed E-state index contributed by atoms with van der Waals surface area (Å²) >= 11 is 0. The normalized spacial score (nSPS) is 27.5. The van der Waals surface area contributed by atoms with Gasteiger partial charge in [-0.05, 0) is 84.2 Å². The summed E-state index contributed by atoms with van der Waals surface area (Å²) in [5.74, 6) is 3.56. The van der Waals surface area contributed by atoms with Gasteiger partial charge in [-0.1, -0.05) is 57.2 Å². The Balaban J connectivity index is 1.42. The summed E-state index contributed by atoms with van der Waals surface area (Å²) in [7, 11) is 1.52. The van der Waals surface area contributed by atoms with Crippen LogP contribution in [0.2, 0.25) is 0 Å². The fourth-order valence-corrected chi connectivity index (χ4v) is 5.91. The van der Waals surface area contributed by atoms with Crippen molar-refractivity contribution in [3.05, 3.63) is 41.7 Å². The van der Waals surface area contributed by atoms with E-state index in [1.165, 1.54) is 76.9 Å². The van der Waals surface area contributed by atoms with Crippen LogP contribution in [0.5, 0.6) is 5.75 Å². The third-order valence-corrected chi connectivity index (χ3v) is 7.54. The molecule has 4 rings (SSSR count). The van der Waals surface area contributed by atoms with Crippen molar-refractivity contribution in [2.45, 2.75) is 77.0 Å². The molecular formula is C26H35FO.